The van der Waals surface area contributed by atoms with Crippen molar-refractivity contribution in [3.63, 3.8) is 0 Å². The number of rotatable bonds is 4. The summed E-state index contributed by atoms with van der Waals surface area (Å²) in [6, 6.07) is 0. The normalized spacial score (nSPS) is 10.1. The lowest BCUT2D eigenvalue weighted by Crippen LogP contribution is -2.08. The van der Waals surface area contributed by atoms with Crippen LogP contribution in [0.25, 0.3) is 11.2 Å². The fourth-order valence-electron chi connectivity index (χ4n) is 1.39. The van der Waals surface area contributed by atoms with Gasteiger partial charge < -0.3 is 4.74 Å². The van der Waals surface area contributed by atoms with Crippen LogP contribution in [0.15, 0.2) is 12.4 Å². The van der Waals surface area contributed by atoms with Crippen LogP contribution in [-0.4, -0.2) is 33.0 Å². The van der Waals surface area contributed by atoms with Gasteiger partial charge in [-0.1, -0.05) is 13.8 Å². The molecule has 17 heavy (non-hydrogen) atoms. The van der Waals surface area contributed by atoms with Crippen LogP contribution < -0.4 is 0 Å². The summed E-state index contributed by atoms with van der Waals surface area (Å²) >= 11 is 0. The molecule has 0 aliphatic carbocycles. The lowest BCUT2D eigenvalue weighted by atomic mass is 10.5. The van der Waals surface area contributed by atoms with Crippen molar-refractivity contribution in [2.45, 2.75) is 34.2 Å². The molecular weight excluding hydrogens is 216 g/mol. The predicted octanol–water partition coefficient (Wildman–Crippen LogP) is 2.20. The highest BCUT2D eigenvalue weighted by Gasteiger charge is 2.04. The maximum absolute atomic E-state index is 5.28. The second-order valence-corrected chi connectivity index (χ2v) is 3.28. The monoisotopic (exact) mass is 236 g/mol. The van der Waals surface area contributed by atoms with E-state index in [1.807, 2.05) is 32.4 Å². The Balaban J connectivity index is 0.000000686. The van der Waals surface area contributed by atoms with Crippen LogP contribution in [0.1, 0.15) is 26.5 Å². The molecule has 0 radical (unpaired) electrons. The van der Waals surface area contributed by atoms with Crippen molar-refractivity contribution in [3.8, 4) is 0 Å². The molecule has 0 saturated heterocycles. The zero-order valence-electron chi connectivity index (χ0n) is 11.0. The van der Waals surface area contributed by atoms with Crippen LogP contribution >= 0.6 is 0 Å². The average molecular weight is 236 g/mol. The number of aryl methyl sites for hydroxylation is 1. The van der Waals surface area contributed by atoms with Crippen molar-refractivity contribution in [1.82, 2.24) is 19.7 Å². The zero-order valence-corrected chi connectivity index (χ0v) is 11.0. The van der Waals surface area contributed by atoms with E-state index in [9.17, 15) is 0 Å². The zero-order chi connectivity index (χ0) is 12.7. The molecule has 0 fully saturated rings. The number of hydrogen-bond acceptors (Lipinski definition) is 4. The minimum absolute atomic E-state index is 0.656. The van der Waals surface area contributed by atoms with Crippen LogP contribution in [0.3, 0.4) is 0 Å². The number of aromatic nitrogens is 4. The molecule has 0 aromatic carbocycles. The van der Waals surface area contributed by atoms with Gasteiger partial charge in [-0.15, -0.1) is 0 Å². The van der Waals surface area contributed by atoms with Crippen molar-refractivity contribution >= 4 is 11.2 Å². The molecule has 0 N–H and O–H groups in total. The number of ether oxygens (including phenoxy) is 1. The molecule has 0 amide bonds. The van der Waals surface area contributed by atoms with Gasteiger partial charge in [0, 0.05) is 12.8 Å². The first-order valence-corrected chi connectivity index (χ1v) is 6.04. The molecule has 94 valence electrons. The summed E-state index contributed by atoms with van der Waals surface area (Å²) in [6.45, 7) is 10.00. The molecule has 0 aliphatic rings. The highest BCUT2D eigenvalue weighted by Crippen LogP contribution is 2.07. The van der Waals surface area contributed by atoms with Crippen LogP contribution in [-0.2, 0) is 11.3 Å². The molecule has 0 atom stereocenters. The van der Waals surface area contributed by atoms with Gasteiger partial charge in [-0.05, 0) is 13.8 Å². The van der Waals surface area contributed by atoms with E-state index in [1.54, 1.807) is 12.4 Å². The largest absolute Gasteiger partial charge is 0.380 e. The second kappa shape index (κ2) is 6.96. The molecule has 0 saturated carbocycles. The van der Waals surface area contributed by atoms with E-state index in [0.717, 1.165) is 30.0 Å². The SMILES string of the molecule is CC.CCOCCn1ncc2ncc(C)nc21. The third-order valence-electron chi connectivity index (χ3n) is 2.12. The topological polar surface area (TPSA) is 52.8 Å². The molecular formula is C12H20N4O. The second-order valence-electron chi connectivity index (χ2n) is 3.28. The average Bonchev–Trinajstić information content (AvgIpc) is 2.75. The summed E-state index contributed by atoms with van der Waals surface area (Å²) in [5.41, 5.74) is 2.56. The maximum Gasteiger partial charge on any atom is 0.177 e. The Bertz CT molecular complexity index is 453. The third kappa shape index (κ3) is 3.49. The van der Waals surface area contributed by atoms with Crippen molar-refractivity contribution in [3.05, 3.63) is 18.1 Å². The summed E-state index contributed by atoms with van der Waals surface area (Å²) in [4.78, 5) is 8.64. The van der Waals surface area contributed by atoms with Gasteiger partial charge in [0.25, 0.3) is 0 Å². The lowest BCUT2D eigenvalue weighted by molar-refractivity contribution is 0.137. The van der Waals surface area contributed by atoms with E-state index in [4.69, 9.17) is 4.74 Å². The summed E-state index contributed by atoms with van der Waals surface area (Å²) in [7, 11) is 0. The fourth-order valence-corrected chi connectivity index (χ4v) is 1.39. The highest BCUT2D eigenvalue weighted by molar-refractivity contribution is 5.68. The number of hydrogen-bond donors (Lipinski definition) is 0. The van der Waals surface area contributed by atoms with Crippen molar-refractivity contribution in [2.24, 2.45) is 0 Å². The fraction of sp³-hybridized carbons (Fsp3) is 0.583. The van der Waals surface area contributed by atoms with Crippen LogP contribution in [0.2, 0.25) is 0 Å². The first-order chi connectivity index (χ1) is 8.31. The molecule has 0 bridgehead atoms. The van der Waals surface area contributed by atoms with Crippen LogP contribution in [0, 0.1) is 6.92 Å². The van der Waals surface area contributed by atoms with Gasteiger partial charge in [0.1, 0.15) is 5.52 Å². The van der Waals surface area contributed by atoms with E-state index in [2.05, 4.69) is 15.1 Å². The minimum atomic E-state index is 0.656. The van der Waals surface area contributed by atoms with Gasteiger partial charge in [-0.2, -0.15) is 5.10 Å². The van der Waals surface area contributed by atoms with E-state index < -0.39 is 0 Å². The van der Waals surface area contributed by atoms with Gasteiger partial charge in [-0.3, -0.25) is 0 Å². The molecule has 2 rings (SSSR count). The quantitative estimate of drug-likeness (QED) is 0.764. The van der Waals surface area contributed by atoms with Crippen molar-refractivity contribution in [2.75, 3.05) is 13.2 Å². The van der Waals surface area contributed by atoms with Gasteiger partial charge in [-0.25, -0.2) is 14.6 Å². The summed E-state index contributed by atoms with van der Waals surface area (Å²) in [5.74, 6) is 0. The summed E-state index contributed by atoms with van der Waals surface area (Å²) < 4.78 is 7.10. The van der Waals surface area contributed by atoms with E-state index >= 15 is 0 Å². The van der Waals surface area contributed by atoms with E-state index in [-0.39, 0.29) is 0 Å². The Morgan fingerprint density at radius 2 is 2.06 bits per heavy atom. The molecule has 0 aliphatic heterocycles. The Morgan fingerprint density at radius 1 is 1.29 bits per heavy atom. The molecule has 5 nitrogen and oxygen atoms in total. The predicted molar refractivity (Wildman–Crippen MR) is 67.9 cm³/mol. The van der Waals surface area contributed by atoms with Gasteiger partial charge >= 0.3 is 0 Å². The molecule has 0 spiro atoms. The third-order valence-corrected chi connectivity index (χ3v) is 2.12. The van der Waals surface area contributed by atoms with Crippen molar-refractivity contribution in [1.29, 1.82) is 0 Å². The molecule has 0 unspecified atom stereocenters. The first kappa shape index (κ1) is 13.6. The van der Waals surface area contributed by atoms with Crippen molar-refractivity contribution < 1.29 is 4.74 Å². The van der Waals surface area contributed by atoms with Crippen LogP contribution in [0.4, 0.5) is 0 Å². The smallest absolute Gasteiger partial charge is 0.177 e. The Hall–Kier alpha value is -1.49. The first-order valence-electron chi connectivity index (χ1n) is 6.04. The number of fused-ring (bicyclic) bond motifs is 1. The van der Waals surface area contributed by atoms with E-state index in [0.29, 0.717) is 6.61 Å². The summed E-state index contributed by atoms with van der Waals surface area (Å²) in [6.07, 6.45) is 3.48. The standard InChI is InChI=1S/C10H14N4O.C2H6/c1-3-15-5-4-14-10-9(7-12-14)11-6-8(2)13-10;1-2/h6-7H,3-5H2,1-2H3;1-2H3. The van der Waals surface area contributed by atoms with E-state index in [1.165, 1.54) is 0 Å². The maximum atomic E-state index is 5.28. The lowest BCUT2D eigenvalue weighted by Gasteiger charge is -2.02. The molecule has 2 aromatic heterocycles. The molecule has 2 heterocycles. The Kier molecular flexibility index (Phi) is 5.56. The number of nitrogens with zero attached hydrogens (tertiary/aromatic N) is 4. The van der Waals surface area contributed by atoms with Crippen LogP contribution in [0.5, 0.6) is 0 Å². The summed E-state index contributed by atoms with van der Waals surface area (Å²) in [5, 5.41) is 4.22. The Labute approximate surface area is 102 Å². The molecule has 2 aromatic rings. The van der Waals surface area contributed by atoms with Gasteiger partial charge in [0.2, 0.25) is 0 Å². The van der Waals surface area contributed by atoms with Gasteiger partial charge in [0.05, 0.1) is 25.0 Å². The minimum Gasteiger partial charge on any atom is -0.380 e. The highest BCUT2D eigenvalue weighted by atomic mass is 16.5. The Morgan fingerprint density at radius 3 is 2.76 bits per heavy atom. The molecule has 5 heteroatoms. The van der Waals surface area contributed by atoms with Gasteiger partial charge in [0.15, 0.2) is 5.65 Å².